The molecular weight excluding hydrogens is 321 g/mol. The van der Waals surface area contributed by atoms with Gasteiger partial charge in [-0.05, 0) is 84.4 Å². The second-order valence-corrected chi connectivity index (χ2v) is 6.78. The molecule has 1 heterocycles. The maximum absolute atomic E-state index is 3.74. The summed E-state index contributed by atoms with van der Waals surface area (Å²) in [5, 5.41) is 3.74. The molecule has 0 bridgehead atoms. The second-order valence-electron chi connectivity index (χ2n) is 5.53. The monoisotopic (exact) mass is 341 g/mol. The lowest BCUT2D eigenvalue weighted by atomic mass is 9.90. The highest BCUT2D eigenvalue weighted by Gasteiger charge is 2.38. The summed E-state index contributed by atoms with van der Waals surface area (Å²) < 4.78 is 1.33. The zero-order valence-electron chi connectivity index (χ0n) is 10.2. The van der Waals surface area contributed by atoms with E-state index in [1.54, 1.807) is 0 Å². The predicted molar refractivity (Wildman–Crippen MR) is 80.1 cm³/mol. The van der Waals surface area contributed by atoms with Gasteiger partial charge >= 0.3 is 0 Å². The largest absolute Gasteiger partial charge is 0.313 e. The summed E-state index contributed by atoms with van der Waals surface area (Å²) >= 11 is 2.37. The fourth-order valence-corrected chi connectivity index (χ4v) is 3.95. The van der Waals surface area contributed by atoms with Crippen LogP contribution in [-0.2, 0) is 6.42 Å². The van der Waals surface area contributed by atoms with E-state index in [-0.39, 0.29) is 0 Å². The molecule has 0 spiro atoms. The van der Waals surface area contributed by atoms with Crippen LogP contribution in [0.4, 0.5) is 0 Å². The normalized spacial score (nSPS) is 31.7. The van der Waals surface area contributed by atoms with Crippen LogP contribution in [0.25, 0.3) is 0 Å². The van der Waals surface area contributed by atoms with Crippen molar-refractivity contribution >= 4 is 22.6 Å². The Bertz CT molecular complexity index is 373. The molecule has 1 aromatic rings. The molecule has 1 nitrogen and oxygen atoms in total. The molecule has 1 N–H and O–H groups in total. The minimum atomic E-state index is 0.793. The topological polar surface area (TPSA) is 12.0 Å². The summed E-state index contributed by atoms with van der Waals surface area (Å²) in [4.78, 5) is 0. The minimum absolute atomic E-state index is 0.793. The van der Waals surface area contributed by atoms with Crippen molar-refractivity contribution in [3.63, 3.8) is 0 Å². The first-order chi connectivity index (χ1) is 8.33. The van der Waals surface area contributed by atoms with Crippen molar-refractivity contribution in [2.75, 3.05) is 6.54 Å². The number of aryl methyl sites for hydroxylation is 1. The molecule has 17 heavy (non-hydrogen) atoms. The van der Waals surface area contributed by atoms with E-state index in [0.717, 1.165) is 17.9 Å². The first kappa shape index (κ1) is 12.0. The van der Waals surface area contributed by atoms with Gasteiger partial charge in [0.05, 0.1) is 0 Å². The summed E-state index contributed by atoms with van der Waals surface area (Å²) in [7, 11) is 0. The SMILES string of the molecule is Ic1ccc(CCC2NCC3CCCC32)cc1. The molecule has 2 heteroatoms. The van der Waals surface area contributed by atoms with Gasteiger partial charge < -0.3 is 5.32 Å². The highest BCUT2D eigenvalue weighted by atomic mass is 127. The average Bonchev–Trinajstić information content (AvgIpc) is 2.91. The molecular formula is C15H20IN. The molecule has 2 aliphatic rings. The first-order valence-electron chi connectivity index (χ1n) is 6.81. The maximum Gasteiger partial charge on any atom is 0.0130 e. The third-order valence-electron chi connectivity index (χ3n) is 4.53. The Balaban J connectivity index is 1.56. The Kier molecular flexibility index (Phi) is 3.71. The number of hydrogen-bond donors (Lipinski definition) is 1. The van der Waals surface area contributed by atoms with Gasteiger partial charge in [-0.15, -0.1) is 0 Å². The van der Waals surface area contributed by atoms with E-state index >= 15 is 0 Å². The van der Waals surface area contributed by atoms with Crippen molar-refractivity contribution in [3.8, 4) is 0 Å². The number of fused-ring (bicyclic) bond motifs is 1. The van der Waals surface area contributed by atoms with Crippen molar-refractivity contribution in [1.82, 2.24) is 5.32 Å². The molecule has 1 saturated carbocycles. The predicted octanol–water partition coefficient (Wildman–Crippen LogP) is 3.61. The van der Waals surface area contributed by atoms with E-state index in [1.165, 1.54) is 47.8 Å². The molecule has 2 fully saturated rings. The second kappa shape index (κ2) is 5.27. The minimum Gasteiger partial charge on any atom is -0.313 e. The third kappa shape index (κ3) is 2.68. The van der Waals surface area contributed by atoms with Crippen LogP contribution >= 0.6 is 22.6 Å². The van der Waals surface area contributed by atoms with Crippen molar-refractivity contribution in [3.05, 3.63) is 33.4 Å². The molecule has 1 aliphatic carbocycles. The first-order valence-corrected chi connectivity index (χ1v) is 7.88. The fourth-order valence-electron chi connectivity index (χ4n) is 3.59. The van der Waals surface area contributed by atoms with Gasteiger partial charge in [0.1, 0.15) is 0 Å². The number of nitrogens with one attached hydrogen (secondary N) is 1. The van der Waals surface area contributed by atoms with Gasteiger partial charge in [0.15, 0.2) is 0 Å². The smallest absolute Gasteiger partial charge is 0.0130 e. The molecule has 1 aromatic carbocycles. The van der Waals surface area contributed by atoms with Gasteiger partial charge in [-0.25, -0.2) is 0 Å². The van der Waals surface area contributed by atoms with E-state index in [9.17, 15) is 0 Å². The lowest BCUT2D eigenvalue weighted by Gasteiger charge is -2.18. The number of benzene rings is 1. The van der Waals surface area contributed by atoms with E-state index in [2.05, 4.69) is 52.2 Å². The highest BCUT2D eigenvalue weighted by Crippen LogP contribution is 2.38. The fraction of sp³-hybridized carbons (Fsp3) is 0.600. The summed E-state index contributed by atoms with van der Waals surface area (Å²) in [5.41, 5.74) is 1.49. The molecule has 1 saturated heterocycles. The number of rotatable bonds is 3. The van der Waals surface area contributed by atoms with Gasteiger partial charge in [-0.3, -0.25) is 0 Å². The highest BCUT2D eigenvalue weighted by molar-refractivity contribution is 14.1. The average molecular weight is 341 g/mol. The Morgan fingerprint density at radius 1 is 1.18 bits per heavy atom. The molecule has 0 radical (unpaired) electrons. The Morgan fingerprint density at radius 3 is 2.82 bits per heavy atom. The third-order valence-corrected chi connectivity index (χ3v) is 5.25. The van der Waals surface area contributed by atoms with Crippen LogP contribution < -0.4 is 5.32 Å². The van der Waals surface area contributed by atoms with Crippen molar-refractivity contribution in [1.29, 1.82) is 0 Å². The Morgan fingerprint density at radius 2 is 2.00 bits per heavy atom. The maximum atomic E-state index is 3.74. The van der Waals surface area contributed by atoms with Crippen LogP contribution in [0.5, 0.6) is 0 Å². The van der Waals surface area contributed by atoms with Crippen LogP contribution in [-0.4, -0.2) is 12.6 Å². The Labute approximate surface area is 118 Å². The quantitative estimate of drug-likeness (QED) is 0.829. The zero-order chi connectivity index (χ0) is 11.7. The lowest BCUT2D eigenvalue weighted by molar-refractivity contribution is 0.393. The summed E-state index contributed by atoms with van der Waals surface area (Å²) in [6.07, 6.45) is 6.96. The van der Waals surface area contributed by atoms with Crippen LogP contribution in [0.3, 0.4) is 0 Å². The molecule has 3 atom stereocenters. The summed E-state index contributed by atoms with van der Waals surface area (Å²) in [6.45, 7) is 1.28. The molecule has 0 aromatic heterocycles. The van der Waals surface area contributed by atoms with Gasteiger partial charge in [-0.2, -0.15) is 0 Å². The number of hydrogen-bond acceptors (Lipinski definition) is 1. The lowest BCUT2D eigenvalue weighted by Crippen LogP contribution is -2.27. The van der Waals surface area contributed by atoms with Gasteiger partial charge in [0.25, 0.3) is 0 Å². The van der Waals surface area contributed by atoms with Crippen LogP contribution in [0, 0.1) is 15.4 Å². The van der Waals surface area contributed by atoms with Crippen molar-refractivity contribution < 1.29 is 0 Å². The van der Waals surface area contributed by atoms with E-state index in [0.29, 0.717) is 0 Å². The standard InChI is InChI=1S/C15H20IN/c16-13-7-4-11(5-8-13)6-9-15-14-3-1-2-12(14)10-17-15/h4-5,7-8,12,14-15,17H,1-3,6,9-10H2. The van der Waals surface area contributed by atoms with Crippen molar-refractivity contribution in [2.24, 2.45) is 11.8 Å². The Hall–Kier alpha value is -0.0900. The van der Waals surface area contributed by atoms with Crippen LogP contribution in [0.1, 0.15) is 31.2 Å². The molecule has 1 aliphatic heterocycles. The molecule has 0 amide bonds. The van der Waals surface area contributed by atoms with Crippen LogP contribution in [0.2, 0.25) is 0 Å². The summed E-state index contributed by atoms with van der Waals surface area (Å²) in [5.74, 6) is 1.98. The van der Waals surface area contributed by atoms with Gasteiger partial charge in [0, 0.05) is 9.61 Å². The van der Waals surface area contributed by atoms with Gasteiger partial charge in [0.2, 0.25) is 0 Å². The summed E-state index contributed by atoms with van der Waals surface area (Å²) in [6, 6.07) is 9.79. The van der Waals surface area contributed by atoms with E-state index < -0.39 is 0 Å². The zero-order valence-corrected chi connectivity index (χ0v) is 12.3. The van der Waals surface area contributed by atoms with Crippen molar-refractivity contribution in [2.45, 2.75) is 38.1 Å². The van der Waals surface area contributed by atoms with E-state index in [1.807, 2.05) is 0 Å². The van der Waals surface area contributed by atoms with Crippen LogP contribution in [0.15, 0.2) is 24.3 Å². The van der Waals surface area contributed by atoms with Gasteiger partial charge in [-0.1, -0.05) is 18.6 Å². The molecule has 3 unspecified atom stereocenters. The number of halogens is 1. The molecule has 92 valence electrons. The van der Waals surface area contributed by atoms with E-state index in [4.69, 9.17) is 0 Å². The molecule has 3 rings (SSSR count).